The second-order valence-corrected chi connectivity index (χ2v) is 10.3. The van der Waals surface area contributed by atoms with Crippen LogP contribution >= 0.6 is 0 Å². The summed E-state index contributed by atoms with van der Waals surface area (Å²) in [5, 5.41) is 33.4. The number of phenols is 1. The van der Waals surface area contributed by atoms with Gasteiger partial charge < -0.3 is 25.8 Å². The highest BCUT2D eigenvalue weighted by atomic mass is 19.4. The lowest BCUT2D eigenvalue weighted by atomic mass is 9.49. The van der Waals surface area contributed by atoms with Gasteiger partial charge in [-0.25, -0.2) is 0 Å². The summed E-state index contributed by atoms with van der Waals surface area (Å²) in [6.45, 7) is -1.55. The van der Waals surface area contributed by atoms with E-state index in [0.717, 1.165) is 23.1 Å². The van der Waals surface area contributed by atoms with Crippen molar-refractivity contribution >= 4 is 29.0 Å². The van der Waals surface area contributed by atoms with E-state index in [1.807, 2.05) is 0 Å². The molecule has 0 aromatic heterocycles. The zero-order valence-corrected chi connectivity index (χ0v) is 20.7. The van der Waals surface area contributed by atoms with Gasteiger partial charge in [-0.05, 0) is 25.7 Å². The maximum absolute atomic E-state index is 13.8. The minimum atomic E-state index is -6.16. The summed E-state index contributed by atoms with van der Waals surface area (Å²) in [6, 6.07) is 1.39. The third-order valence-corrected chi connectivity index (χ3v) is 7.92. The number of carbonyl (C=O) groups excluding carboxylic acids is 5. The molecule has 16 heteroatoms. The Hall–Kier alpha value is -3.34. The number of aromatic hydroxyl groups is 1. The molecule has 3 aliphatic rings. The highest BCUT2D eigenvalue weighted by Gasteiger charge is 2.73. The van der Waals surface area contributed by atoms with Crippen LogP contribution < -0.4 is 5.73 Å². The van der Waals surface area contributed by atoms with Crippen LogP contribution in [0.2, 0.25) is 0 Å². The molecule has 2 fully saturated rings. The van der Waals surface area contributed by atoms with Crippen molar-refractivity contribution in [2.24, 2.45) is 29.4 Å². The summed E-state index contributed by atoms with van der Waals surface area (Å²) in [5.41, 5.74) is 0.770. The fourth-order valence-corrected chi connectivity index (χ4v) is 6.24. The molecule has 5 N–H and O–H groups in total. The number of halogens is 5. The van der Waals surface area contributed by atoms with Gasteiger partial charge in [-0.3, -0.25) is 28.9 Å². The SMILES string of the molecule is CN(C)[C@H]1C(=O)C(C(N)=O)C(=O)[C@]2(O)C(=O)C3C(=O)c4c(O)cccc4[C@@H](COC(F)(F)C(F)(F)F)[C@@H]3[C@@H](O)[C@H]12. The first-order valence-corrected chi connectivity index (χ1v) is 11.7. The van der Waals surface area contributed by atoms with Crippen molar-refractivity contribution in [1.29, 1.82) is 0 Å². The highest BCUT2D eigenvalue weighted by molar-refractivity contribution is 6.32. The number of ketones is 4. The van der Waals surface area contributed by atoms with Crippen LogP contribution in [0.3, 0.4) is 0 Å². The van der Waals surface area contributed by atoms with Gasteiger partial charge in [0.2, 0.25) is 5.91 Å². The first kappa shape index (κ1) is 29.6. The lowest BCUT2D eigenvalue weighted by Crippen LogP contribution is -2.78. The number of nitrogens with zero attached hydrogens (tertiary/aromatic N) is 1. The van der Waals surface area contributed by atoms with E-state index >= 15 is 0 Å². The predicted molar refractivity (Wildman–Crippen MR) is 119 cm³/mol. The molecule has 0 heterocycles. The van der Waals surface area contributed by atoms with Crippen LogP contribution in [0.5, 0.6) is 5.75 Å². The predicted octanol–water partition coefficient (Wildman–Crippen LogP) is -0.449. The van der Waals surface area contributed by atoms with Crippen LogP contribution in [0.1, 0.15) is 21.8 Å². The third kappa shape index (κ3) is 3.95. The normalized spacial score (nSPS) is 34.4. The number of rotatable bonds is 5. The molecule has 0 radical (unpaired) electrons. The molecule has 3 aliphatic carbocycles. The number of primary amides is 1. The van der Waals surface area contributed by atoms with Crippen LogP contribution in [-0.4, -0.2) is 100.0 Å². The Morgan fingerprint density at radius 1 is 1.10 bits per heavy atom. The Morgan fingerprint density at radius 2 is 1.70 bits per heavy atom. The Bertz CT molecular complexity index is 1320. The molecule has 11 nitrogen and oxygen atoms in total. The minimum Gasteiger partial charge on any atom is -0.507 e. The third-order valence-electron chi connectivity index (χ3n) is 7.92. The van der Waals surface area contributed by atoms with E-state index < -0.39 is 107 Å². The lowest BCUT2D eigenvalue weighted by molar-refractivity contribution is -0.392. The quantitative estimate of drug-likeness (QED) is 0.264. The molecule has 1 amide bonds. The molecular weight excluding hydrogens is 555 g/mol. The van der Waals surface area contributed by atoms with Crippen molar-refractivity contribution in [3.63, 3.8) is 0 Å². The summed E-state index contributed by atoms with van der Waals surface area (Å²) in [7, 11) is 2.45. The number of fused-ring (bicyclic) bond motifs is 3. The lowest BCUT2D eigenvalue weighted by Gasteiger charge is -2.56. The monoisotopic (exact) mass is 578 g/mol. The zero-order chi connectivity index (χ0) is 30.3. The molecule has 1 aromatic carbocycles. The van der Waals surface area contributed by atoms with Crippen molar-refractivity contribution in [2.75, 3.05) is 20.7 Å². The first-order chi connectivity index (χ1) is 18.3. The molecule has 1 aromatic rings. The van der Waals surface area contributed by atoms with Gasteiger partial charge in [0, 0.05) is 11.8 Å². The van der Waals surface area contributed by atoms with Crippen LogP contribution in [0.15, 0.2) is 18.2 Å². The molecule has 0 saturated heterocycles. The molecule has 40 heavy (non-hydrogen) atoms. The van der Waals surface area contributed by atoms with E-state index in [-0.39, 0.29) is 5.56 Å². The van der Waals surface area contributed by atoms with Crippen molar-refractivity contribution < 1.29 is 66.0 Å². The number of carbonyl (C=O) groups is 5. The summed E-state index contributed by atoms with van der Waals surface area (Å²) < 4.78 is 70.0. The van der Waals surface area contributed by atoms with E-state index in [2.05, 4.69) is 4.74 Å². The number of amides is 1. The zero-order valence-electron chi connectivity index (χ0n) is 20.7. The smallest absolute Gasteiger partial charge is 0.482 e. The number of hydrogen-bond acceptors (Lipinski definition) is 10. The van der Waals surface area contributed by atoms with E-state index in [1.54, 1.807) is 0 Å². The van der Waals surface area contributed by atoms with E-state index in [9.17, 15) is 61.2 Å². The Kier molecular flexibility index (Phi) is 6.93. The van der Waals surface area contributed by atoms with E-state index in [1.165, 1.54) is 14.1 Å². The maximum atomic E-state index is 13.8. The number of likely N-dealkylation sites (N-methyl/N-ethyl adjacent to an activating group) is 1. The Morgan fingerprint density at radius 3 is 2.23 bits per heavy atom. The molecule has 4 rings (SSSR count). The fourth-order valence-electron chi connectivity index (χ4n) is 6.24. The van der Waals surface area contributed by atoms with Crippen LogP contribution in [0.4, 0.5) is 22.0 Å². The molecule has 2 saturated carbocycles. The molecule has 0 spiro atoms. The van der Waals surface area contributed by atoms with E-state index in [0.29, 0.717) is 0 Å². The van der Waals surface area contributed by atoms with Gasteiger partial charge in [0.1, 0.15) is 5.75 Å². The van der Waals surface area contributed by atoms with Crippen molar-refractivity contribution in [3.05, 3.63) is 29.3 Å². The van der Waals surface area contributed by atoms with Gasteiger partial charge in [0.25, 0.3) is 0 Å². The van der Waals surface area contributed by atoms with Gasteiger partial charge in [-0.15, -0.1) is 0 Å². The number of hydrogen-bond donors (Lipinski definition) is 4. The average molecular weight is 578 g/mol. The van der Waals surface area contributed by atoms with Gasteiger partial charge in [0.15, 0.2) is 34.7 Å². The van der Waals surface area contributed by atoms with Gasteiger partial charge in [-0.1, -0.05) is 12.1 Å². The average Bonchev–Trinajstić information content (AvgIpc) is 2.82. The molecule has 218 valence electrons. The summed E-state index contributed by atoms with van der Waals surface area (Å²) in [4.78, 5) is 66.8. The van der Waals surface area contributed by atoms with Crippen LogP contribution in [0, 0.1) is 23.7 Å². The number of aliphatic hydroxyl groups is 2. The fraction of sp³-hybridized carbons (Fsp3) is 0.542. The molecule has 0 aliphatic heterocycles. The van der Waals surface area contributed by atoms with Gasteiger partial charge >= 0.3 is 12.3 Å². The summed E-state index contributed by atoms with van der Waals surface area (Å²) in [5.74, 6) is -18.6. The van der Waals surface area contributed by atoms with Crippen LogP contribution in [0.25, 0.3) is 0 Å². The largest absolute Gasteiger partial charge is 0.507 e. The summed E-state index contributed by atoms with van der Waals surface area (Å²) >= 11 is 0. The topological polar surface area (TPSA) is 185 Å². The molecule has 8 atom stereocenters. The second kappa shape index (κ2) is 9.36. The summed E-state index contributed by atoms with van der Waals surface area (Å²) in [6.07, 6.45) is -14.1. The number of Topliss-reactive ketones (excluding diaryl/α,β-unsaturated/α-hetero) is 4. The van der Waals surface area contributed by atoms with Crippen molar-refractivity contribution in [1.82, 2.24) is 4.90 Å². The standard InChI is InChI=1S/C24H23F5N2O9/c1-31(2)15-14-17(34)11-8(6-40-24(28,29)23(25,26)27)7-4-3-5-9(32)10(7)16(33)12(11)19(36)22(14,39)20(37)13(18(15)35)21(30)38/h3-5,8,11-15,17,32,34,39H,6H2,1-2H3,(H2,30,38)/t8-,11+,12?,13?,14+,15-,17-,22-/m1/s1. The molecular formula is C24H23F5N2O9. The molecule has 2 unspecified atom stereocenters. The van der Waals surface area contributed by atoms with Crippen molar-refractivity contribution in [3.8, 4) is 5.75 Å². The van der Waals surface area contributed by atoms with Gasteiger partial charge in [-0.2, -0.15) is 22.0 Å². The first-order valence-electron chi connectivity index (χ1n) is 11.7. The Labute approximate surface area is 221 Å². The van der Waals surface area contributed by atoms with E-state index in [4.69, 9.17) is 5.73 Å². The van der Waals surface area contributed by atoms with Gasteiger partial charge in [0.05, 0.1) is 36.2 Å². The van der Waals surface area contributed by atoms with Crippen LogP contribution in [-0.2, 0) is 23.9 Å². The minimum absolute atomic E-state index is 0.355. The van der Waals surface area contributed by atoms with Crippen molar-refractivity contribution in [2.45, 2.75) is 35.9 Å². The highest BCUT2D eigenvalue weighted by Crippen LogP contribution is 2.55. The molecule has 0 bridgehead atoms. The number of nitrogens with two attached hydrogens (primary N) is 1. The number of aliphatic hydroxyl groups excluding tert-OH is 1. The number of ether oxygens (including phenoxy) is 1. The second-order valence-electron chi connectivity index (χ2n) is 10.3. The number of phenolic OH excluding ortho intramolecular Hbond substituents is 1. The number of alkyl halides is 5. The maximum Gasteiger partial charge on any atom is 0.482 e. The number of benzene rings is 1. The Balaban J connectivity index is 1.94.